The van der Waals surface area contributed by atoms with E-state index in [4.69, 9.17) is 9.84 Å². The maximum absolute atomic E-state index is 12.3. The van der Waals surface area contributed by atoms with Gasteiger partial charge in [-0.2, -0.15) is 5.10 Å². The van der Waals surface area contributed by atoms with Crippen molar-refractivity contribution in [3.63, 3.8) is 0 Å². The van der Waals surface area contributed by atoms with E-state index in [1.807, 2.05) is 0 Å². The summed E-state index contributed by atoms with van der Waals surface area (Å²) in [7, 11) is 1.50. The van der Waals surface area contributed by atoms with Crippen LogP contribution < -0.4 is 5.32 Å². The fourth-order valence-electron chi connectivity index (χ4n) is 2.54. The molecule has 0 bridgehead atoms. The lowest BCUT2D eigenvalue weighted by atomic mass is 9.86. The zero-order chi connectivity index (χ0) is 15.5. The minimum Gasteiger partial charge on any atom is -0.481 e. The second kappa shape index (κ2) is 6.21. The number of carboxylic acid groups (broad SMARTS) is 1. The molecular weight excluding hydrogens is 278 g/mol. The summed E-state index contributed by atoms with van der Waals surface area (Å²) in [6.45, 7) is 0.830. The lowest BCUT2D eigenvalue weighted by Crippen LogP contribution is -2.55. The molecule has 0 unspecified atom stereocenters. The minimum absolute atomic E-state index is 0.141. The van der Waals surface area contributed by atoms with Crippen LogP contribution in [0.25, 0.3) is 0 Å². The average molecular weight is 297 g/mol. The first-order valence-corrected chi connectivity index (χ1v) is 6.88. The quantitative estimate of drug-likeness (QED) is 0.743. The number of ether oxygens (including phenoxy) is 1. The summed E-state index contributed by atoms with van der Waals surface area (Å²) in [5.41, 5.74) is -0.544. The number of nitrogens with one attached hydrogen (secondary N) is 1. The number of carbonyl (C=O) groups excluding carboxylic acids is 2. The van der Waals surface area contributed by atoms with Gasteiger partial charge >= 0.3 is 5.97 Å². The molecule has 8 nitrogen and oxygen atoms in total. The van der Waals surface area contributed by atoms with E-state index in [-0.39, 0.29) is 30.9 Å². The highest BCUT2D eigenvalue weighted by Gasteiger charge is 2.37. The molecule has 116 valence electrons. The van der Waals surface area contributed by atoms with Gasteiger partial charge in [0, 0.05) is 33.1 Å². The molecule has 2 N–H and O–H groups in total. The van der Waals surface area contributed by atoms with Gasteiger partial charge in [-0.25, -0.2) is 5.01 Å². The molecule has 21 heavy (non-hydrogen) atoms. The van der Waals surface area contributed by atoms with Gasteiger partial charge in [0.15, 0.2) is 0 Å². The molecule has 0 atom stereocenters. The molecule has 0 radical (unpaired) electrons. The van der Waals surface area contributed by atoms with Crippen LogP contribution in [-0.2, 0) is 19.1 Å². The van der Waals surface area contributed by atoms with E-state index in [0.29, 0.717) is 26.1 Å². The van der Waals surface area contributed by atoms with Crippen LogP contribution in [0, 0.1) is 0 Å². The standard InChI is InChI=1S/C13H19N3O5/c1-16-10(17)3-2-9(15-16)12(20)14-13(8-11(18)19)4-6-21-7-5-13/h2-8H2,1H3,(H,14,20)(H,18,19). The van der Waals surface area contributed by atoms with Gasteiger partial charge in [0.1, 0.15) is 5.71 Å². The van der Waals surface area contributed by atoms with Gasteiger partial charge in [-0.1, -0.05) is 0 Å². The Kier molecular flexibility index (Phi) is 4.56. The first kappa shape index (κ1) is 15.4. The highest BCUT2D eigenvalue weighted by atomic mass is 16.5. The molecule has 2 heterocycles. The van der Waals surface area contributed by atoms with Crippen LogP contribution in [0.5, 0.6) is 0 Å². The van der Waals surface area contributed by atoms with E-state index in [0.717, 1.165) is 5.01 Å². The number of aliphatic carboxylic acids is 1. The summed E-state index contributed by atoms with van der Waals surface area (Å²) in [4.78, 5) is 34.7. The number of amides is 2. The molecular formula is C13H19N3O5. The fraction of sp³-hybridized carbons (Fsp3) is 0.692. The van der Waals surface area contributed by atoms with Gasteiger partial charge in [0.2, 0.25) is 5.91 Å². The third-order valence-electron chi connectivity index (χ3n) is 3.79. The van der Waals surface area contributed by atoms with Crippen LogP contribution >= 0.6 is 0 Å². The summed E-state index contributed by atoms with van der Waals surface area (Å²) in [5, 5.41) is 16.9. The Morgan fingerprint density at radius 2 is 2.05 bits per heavy atom. The molecule has 2 aliphatic heterocycles. The zero-order valence-electron chi connectivity index (χ0n) is 11.9. The SMILES string of the molecule is CN1N=C(C(=O)NC2(CC(=O)O)CCOCC2)CCC1=O. The van der Waals surface area contributed by atoms with Crippen molar-refractivity contribution in [2.75, 3.05) is 20.3 Å². The van der Waals surface area contributed by atoms with Gasteiger partial charge < -0.3 is 15.2 Å². The van der Waals surface area contributed by atoms with Crippen molar-refractivity contribution < 1.29 is 24.2 Å². The third-order valence-corrected chi connectivity index (χ3v) is 3.79. The van der Waals surface area contributed by atoms with Gasteiger partial charge in [0.25, 0.3) is 5.91 Å². The monoisotopic (exact) mass is 297 g/mol. The Labute approximate surface area is 122 Å². The molecule has 0 saturated carbocycles. The van der Waals surface area contributed by atoms with Crippen molar-refractivity contribution in [3.8, 4) is 0 Å². The van der Waals surface area contributed by atoms with Crippen molar-refractivity contribution in [1.29, 1.82) is 0 Å². The number of carboxylic acids is 1. The first-order chi connectivity index (χ1) is 9.92. The van der Waals surface area contributed by atoms with E-state index >= 15 is 0 Å². The van der Waals surface area contributed by atoms with E-state index in [1.165, 1.54) is 7.05 Å². The van der Waals surface area contributed by atoms with Crippen molar-refractivity contribution in [3.05, 3.63) is 0 Å². The highest BCUT2D eigenvalue weighted by Crippen LogP contribution is 2.25. The van der Waals surface area contributed by atoms with E-state index in [1.54, 1.807) is 0 Å². The van der Waals surface area contributed by atoms with E-state index < -0.39 is 17.4 Å². The Morgan fingerprint density at radius 1 is 1.38 bits per heavy atom. The molecule has 0 spiro atoms. The molecule has 2 aliphatic rings. The van der Waals surface area contributed by atoms with Gasteiger partial charge in [0.05, 0.1) is 12.0 Å². The third kappa shape index (κ3) is 3.78. The average Bonchev–Trinajstić information content (AvgIpc) is 2.41. The number of hydrogen-bond donors (Lipinski definition) is 2. The van der Waals surface area contributed by atoms with Gasteiger partial charge in [-0.05, 0) is 12.8 Å². The molecule has 0 aromatic heterocycles. The summed E-state index contributed by atoms with van der Waals surface area (Å²) in [5.74, 6) is -1.51. The van der Waals surface area contributed by atoms with Crippen LogP contribution in [0.3, 0.4) is 0 Å². The second-order valence-electron chi connectivity index (χ2n) is 5.38. The van der Waals surface area contributed by atoms with Crippen LogP contribution in [0.4, 0.5) is 0 Å². The summed E-state index contributed by atoms with van der Waals surface area (Å²) in [6, 6.07) is 0. The Balaban J connectivity index is 2.09. The zero-order valence-corrected chi connectivity index (χ0v) is 11.9. The predicted molar refractivity (Wildman–Crippen MR) is 72.6 cm³/mol. The number of carbonyl (C=O) groups is 3. The Bertz CT molecular complexity index is 482. The van der Waals surface area contributed by atoms with Crippen molar-refractivity contribution >= 4 is 23.5 Å². The summed E-state index contributed by atoms with van der Waals surface area (Å²) in [6.07, 6.45) is 1.26. The maximum atomic E-state index is 12.3. The molecule has 2 rings (SSSR count). The lowest BCUT2D eigenvalue weighted by Gasteiger charge is -2.37. The molecule has 1 saturated heterocycles. The Morgan fingerprint density at radius 3 is 2.62 bits per heavy atom. The van der Waals surface area contributed by atoms with Crippen LogP contribution in [0.2, 0.25) is 0 Å². The first-order valence-electron chi connectivity index (χ1n) is 6.88. The molecule has 0 aromatic rings. The second-order valence-corrected chi connectivity index (χ2v) is 5.38. The number of nitrogens with zero attached hydrogens (tertiary/aromatic N) is 2. The van der Waals surface area contributed by atoms with Crippen molar-refractivity contribution in [2.24, 2.45) is 5.10 Å². The number of hydrogen-bond acceptors (Lipinski definition) is 5. The topological polar surface area (TPSA) is 108 Å². The normalized spacial score (nSPS) is 21.7. The summed E-state index contributed by atoms with van der Waals surface area (Å²) >= 11 is 0. The molecule has 8 heteroatoms. The van der Waals surface area contributed by atoms with Gasteiger partial charge in [-0.3, -0.25) is 14.4 Å². The molecule has 1 fully saturated rings. The summed E-state index contributed by atoms with van der Waals surface area (Å²) < 4.78 is 5.24. The molecule has 2 amide bonds. The van der Waals surface area contributed by atoms with E-state index in [2.05, 4.69) is 10.4 Å². The number of hydrazone groups is 1. The van der Waals surface area contributed by atoms with E-state index in [9.17, 15) is 14.4 Å². The molecule has 0 aliphatic carbocycles. The molecule has 0 aromatic carbocycles. The largest absolute Gasteiger partial charge is 0.481 e. The highest BCUT2D eigenvalue weighted by molar-refractivity contribution is 6.39. The van der Waals surface area contributed by atoms with Crippen LogP contribution in [0.15, 0.2) is 5.10 Å². The van der Waals surface area contributed by atoms with Gasteiger partial charge in [-0.15, -0.1) is 0 Å². The lowest BCUT2D eigenvalue weighted by molar-refractivity contribution is -0.140. The minimum atomic E-state index is -0.963. The Hall–Kier alpha value is -1.96. The number of rotatable bonds is 4. The predicted octanol–water partition coefficient (Wildman–Crippen LogP) is -0.265. The van der Waals surface area contributed by atoms with Crippen LogP contribution in [-0.4, -0.2) is 59.4 Å². The maximum Gasteiger partial charge on any atom is 0.305 e. The van der Waals surface area contributed by atoms with Crippen LogP contribution in [0.1, 0.15) is 32.1 Å². The smallest absolute Gasteiger partial charge is 0.305 e. The fourth-order valence-corrected chi connectivity index (χ4v) is 2.54. The van der Waals surface area contributed by atoms with Crippen molar-refractivity contribution in [1.82, 2.24) is 10.3 Å². The van der Waals surface area contributed by atoms with Crippen molar-refractivity contribution in [2.45, 2.75) is 37.6 Å².